The number of methoxy groups -OCH3 is 1. The van der Waals surface area contributed by atoms with Crippen molar-refractivity contribution in [2.45, 2.75) is 18.9 Å². The Morgan fingerprint density at radius 2 is 2.55 bits per heavy atom. The molecule has 1 heterocycles. The zero-order valence-electron chi connectivity index (χ0n) is 6.41. The Morgan fingerprint density at radius 3 is 3.09 bits per heavy atom. The first-order chi connectivity index (χ1) is 5.29. The highest BCUT2D eigenvalue weighted by Gasteiger charge is 2.28. The summed E-state index contributed by atoms with van der Waals surface area (Å²) in [5, 5.41) is 8.58. The van der Waals surface area contributed by atoms with Crippen molar-refractivity contribution in [3.8, 4) is 6.07 Å². The predicted molar refractivity (Wildman–Crippen MR) is 37.7 cm³/mol. The summed E-state index contributed by atoms with van der Waals surface area (Å²) >= 11 is 0. The van der Waals surface area contributed by atoms with E-state index < -0.39 is 6.09 Å². The zero-order valence-corrected chi connectivity index (χ0v) is 6.41. The van der Waals surface area contributed by atoms with Gasteiger partial charge < -0.3 is 4.74 Å². The van der Waals surface area contributed by atoms with Crippen LogP contribution in [0.4, 0.5) is 4.79 Å². The molecule has 0 aliphatic carbocycles. The lowest BCUT2D eigenvalue weighted by Crippen LogP contribution is -2.34. The number of amides is 1. The second-order valence-corrected chi connectivity index (χ2v) is 2.45. The molecular formula is C7H10N2O2. The van der Waals surface area contributed by atoms with Crippen LogP contribution >= 0.6 is 0 Å². The summed E-state index contributed by atoms with van der Waals surface area (Å²) in [5.74, 6) is 0. The van der Waals surface area contributed by atoms with Gasteiger partial charge >= 0.3 is 6.09 Å². The Hall–Kier alpha value is -1.24. The van der Waals surface area contributed by atoms with Crippen LogP contribution in [0.2, 0.25) is 0 Å². The number of likely N-dealkylation sites (tertiary alicyclic amines) is 1. The number of nitriles is 1. The highest BCUT2D eigenvalue weighted by molar-refractivity contribution is 5.68. The first-order valence-electron chi connectivity index (χ1n) is 3.54. The smallest absolute Gasteiger partial charge is 0.410 e. The number of carbonyl (C=O) groups excluding carboxylic acids is 1. The quantitative estimate of drug-likeness (QED) is 0.517. The molecule has 1 aliphatic heterocycles. The normalized spacial score (nSPS) is 22.9. The predicted octanol–water partition coefficient (Wildman–Crippen LogP) is 0.741. The van der Waals surface area contributed by atoms with Gasteiger partial charge in [-0.25, -0.2) is 4.79 Å². The topological polar surface area (TPSA) is 53.3 Å². The number of ether oxygens (including phenoxy) is 1. The minimum Gasteiger partial charge on any atom is -0.453 e. The highest BCUT2D eigenvalue weighted by atomic mass is 16.5. The van der Waals surface area contributed by atoms with E-state index in [4.69, 9.17) is 5.26 Å². The molecule has 0 unspecified atom stereocenters. The fourth-order valence-corrected chi connectivity index (χ4v) is 1.24. The van der Waals surface area contributed by atoms with Crippen LogP contribution in [0.3, 0.4) is 0 Å². The molecule has 0 spiro atoms. The van der Waals surface area contributed by atoms with Crippen LogP contribution in [-0.4, -0.2) is 30.7 Å². The van der Waals surface area contributed by atoms with Crippen molar-refractivity contribution in [2.75, 3.05) is 13.7 Å². The number of carbonyl (C=O) groups is 1. The molecule has 4 heteroatoms. The summed E-state index contributed by atoms with van der Waals surface area (Å²) in [6, 6.07) is 1.78. The number of nitrogens with zero attached hydrogens (tertiary/aromatic N) is 2. The van der Waals surface area contributed by atoms with Crippen molar-refractivity contribution in [1.29, 1.82) is 5.26 Å². The van der Waals surface area contributed by atoms with Gasteiger partial charge in [-0.05, 0) is 12.8 Å². The standard InChI is InChI=1S/C7H10N2O2/c1-11-7(10)9-4-2-3-6(9)5-8/h6H,2-4H2,1H3/t6-/m1/s1. The van der Waals surface area contributed by atoms with E-state index >= 15 is 0 Å². The van der Waals surface area contributed by atoms with Crippen LogP contribution < -0.4 is 0 Å². The van der Waals surface area contributed by atoms with Crippen molar-refractivity contribution >= 4 is 6.09 Å². The minimum absolute atomic E-state index is 0.276. The summed E-state index contributed by atoms with van der Waals surface area (Å²) in [4.78, 5) is 12.4. The van der Waals surface area contributed by atoms with Gasteiger partial charge in [0, 0.05) is 6.54 Å². The molecule has 0 saturated carbocycles. The van der Waals surface area contributed by atoms with Gasteiger partial charge in [0.25, 0.3) is 0 Å². The lowest BCUT2D eigenvalue weighted by molar-refractivity contribution is 0.126. The minimum atomic E-state index is -0.394. The summed E-state index contributed by atoms with van der Waals surface area (Å²) in [5.41, 5.74) is 0. The second kappa shape index (κ2) is 3.24. The molecule has 11 heavy (non-hydrogen) atoms. The lowest BCUT2D eigenvalue weighted by atomic mass is 10.2. The van der Waals surface area contributed by atoms with E-state index in [0.717, 1.165) is 12.8 Å². The molecule has 1 atom stereocenters. The maximum absolute atomic E-state index is 10.9. The van der Waals surface area contributed by atoms with Gasteiger partial charge in [0.2, 0.25) is 0 Å². The summed E-state index contributed by atoms with van der Waals surface area (Å²) in [7, 11) is 1.33. The van der Waals surface area contributed by atoms with Gasteiger partial charge in [-0.2, -0.15) is 5.26 Å². The summed E-state index contributed by atoms with van der Waals surface area (Å²) in [6.07, 6.45) is 1.27. The molecule has 0 aromatic rings. The van der Waals surface area contributed by atoms with E-state index in [-0.39, 0.29) is 6.04 Å². The van der Waals surface area contributed by atoms with Crippen molar-refractivity contribution in [2.24, 2.45) is 0 Å². The van der Waals surface area contributed by atoms with E-state index in [2.05, 4.69) is 10.8 Å². The SMILES string of the molecule is COC(=O)N1CCC[C@@H]1C#N. The molecule has 0 aromatic carbocycles. The maximum atomic E-state index is 10.9. The third-order valence-corrected chi connectivity index (χ3v) is 1.81. The van der Waals surface area contributed by atoms with Crippen LogP contribution in [-0.2, 0) is 4.74 Å². The number of rotatable bonds is 0. The van der Waals surface area contributed by atoms with E-state index in [9.17, 15) is 4.79 Å². The molecule has 0 aromatic heterocycles. The van der Waals surface area contributed by atoms with Gasteiger partial charge in [-0.1, -0.05) is 0 Å². The first-order valence-corrected chi connectivity index (χ1v) is 3.54. The average Bonchev–Trinajstić information content (AvgIpc) is 2.50. The van der Waals surface area contributed by atoms with Gasteiger partial charge in [0.1, 0.15) is 6.04 Å². The van der Waals surface area contributed by atoms with Gasteiger partial charge in [-0.15, -0.1) is 0 Å². The molecule has 0 bridgehead atoms. The van der Waals surface area contributed by atoms with Gasteiger partial charge in [0.15, 0.2) is 0 Å². The third kappa shape index (κ3) is 1.43. The second-order valence-electron chi connectivity index (χ2n) is 2.45. The highest BCUT2D eigenvalue weighted by Crippen LogP contribution is 2.16. The zero-order chi connectivity index (χ0) is 8.27. The van der Waals surface area contributed by atoms with E-state index in [1.54, 1.807) is 0 Å². The summed E-state index contributed by atoms with van der Waals surface area (Å²) < 4.78 is 4.50. The van der Waals surface area contributed by atoms with Gasteiger partial charge in [-0.3, -0.25) is 4.90 Å². The molecule has 0 radical (unpaired) electrons. The van der Waals surface area contributed by atoms with Crippen molar-refractivity contribution in [1.82, 2.24) is 4.90 Å². The Kier molecular flexibility index (Phi) is 2.32. The van der Waals surface area contributed by atoms with Crippen LogP contribution in [0.25, 0.3) is 0 Å². The maximum Gasteiger partial charge on any atom is 0.410 e. The molecule has 1 amide bonds. The van der Waals surface area contributed by atoms with E-state index in [1.807, 2.05) is 0 Å². The molecular weight excluding hydrogens is 144 g/mol. The fraction of sp³-hybridized carbons (Fsp3) is 0.714. The molecule has 4 nitrogen and oxygen atoms in total. The van der Waals surface area contributed by atoms with Crippen LogP contribution in [0.15, 0.2) is 0 Å². The number of hydrogen-bond acceptors (Lipinski definition) is 3. The third-order valence-electron chi connectivity index (χ3n) is 1.81. The lowest BCUT2D eigenvalue weighted by Gasteiger charge is -2.16. The molecule has 1 fully saturated rings. The Labute approximate surface area is 65.4 Å². The van der Waals surface area contributed by atoms with Crippen molar-refractivity contribution < 1.29 is 9.53 Å². The van der Waals surface area contributed by atoms with Gasteiger partial charge in [0.05, 0.1) is 13.2 Å². The Balaban J connectivity index is 2.58. The van der Waals surface area contributed by atoms with Crippen LogP contribution in [0, 0.1) is 11.3 Å². The molecule has 60 valence electrons. The van der Waals surface area contributed by atoms with E-state index in [1.165, 1.54) is 12.0 Å². The Morgan fingerprint density at radius 1 is 1.82 bits per heavy atom. The average molecular weight is 154 g/mol. The van der Waals surface area contributed by atoms with Crippen LogP contribution in [0.5, 0.6) is 0 Å². The number of hydrogen-bond donors (Lipinski definition) is 0. The molecule has 1 saturated heterocycles. The summed E-state index contributed by atoms with van der Waals surface area (Å²) in [6.45, 7) is 0.644. The first kappa shape index (κ1) is 7.86. The Bertz CT molecular complexity index is 197. The molecule has 0 N–H and O–H groups in total. The van der Waals surface area contributed by atoms with Crippen LogP contribution in [0.1, 0.15) is 12.8 Å². The van der Waals surface area contributed by atoms with Crippen molar-refractivity contribution in [3.63, 3.8) is 0 Å². The van der Waals surface area contributed by atoms with Crippen molar-refractivity contribution in [3.05, 3.63) is 0 Å². The molecule has 1 rings (SSSR count). The van der Waals surface area contributed by atoms with E-state index in [0.29, 0.717) is 6.54 Å². The molecule has 1 aliphatic rings. The monoisotopic (exact) mass is 154 g/mol. The fourth-order valence-electron chi connectivity index (χ4n) is 1.24. The largest absolute Gasteiger partial charge is 0.453 e.